The van der Waals surface area contributed by atoms with Gasteiger partial charge in [-0.1, -0.05) is 11.7 Å². The summed E-state index contributed by atoms with van der Waals surface area (Å²) in [5.41, 5.74) is 0.563. The van der Waals surface area contributed by atoms with Crippen molar-refractivity contribution in [1.29, 1.82) is 0 Å². The number of ether oxygens (including phenoxy) is 2. The van der Waals surface area contributed by atoms with Gasteiger partial charge >= 0.3 is 0 Å². The normalized spacial score (nSPS) is 18.3. The molecule has 7 nitrogen and oxygen atoms in total. The lowest BCUT2D eigenvalue weighted by Crippen LogP contribution is -2.53. The number of carbonyl (C=O) groups excluding carboxylic acids is 1. The van der Waals surface area contributed by atoms with E-state index in [9.17, 15) is 4.79 Å². The van der Waals surface area contributed by atoms with Gasteiger partial charge in [0.05, 0.1) is 12.1 Å². The molecule has 1 saturated heterocycles. The zero-order valence-corrected chi connectivity index (χ0v) is 16.5. The minimum absolute atomic E-state index is 0.158. The Labute approximate surface area is 155 Å². The van der Waals surface area contributed by atoms with E-state index in [1.165, 1.54) is 0 Å². The van der Waals surface area contributed by atoms with Crippen LogP contribution in [0.5, 0.6) is 0 Å². The van der Waals surface area contributed by atoms with Crippen molar-refractivity contribution in [3.63, 3.8) is 0 Å². The van der Waals surface area contributed by atoms with E-state index in [1.54, 1.807) is 6.07 Å². The third-order valence-electron chi connectivity index (χ3n) is 4.90. The van der Waals surface area contributed by atoms with Crippen LogP contribution in [0.4, 0.5) is 5.88 Å². The molecule has 26 heavy (non-hydrogen) atoms. The number of nitrogens with zero attached hydrogens (tertiary/aromatic N) is 2. The van der Waals surface area contributed by atoms with E-state index in [4.69, 9.17) is 14.0 Å². The second-order valence-electron chi connectivity index (χ2n) is 7.50. The standard InChI is InChI=1S/C19H31N3O4/c1-13(2)22(6)19(4,5)18(23)20-16-11-15(21-26-16)14(3)12-25-17-9-7-8-10-24-17/h11,13,17H,3,7-10,12H2,1-2,4-6H3,(H,20,23). The summed E-state index contributed by atoms with van der Waals surface area (Å²) in [4.78, 5) is 14.6. The second kappa shape index (κ2) is 8.79. The number of amides is 1. The molecule has 1 atom stereocenters. The van der Waals surface area contributed by atoms with Crippen LogP contribution in [0, 0.1) is 0 Å². The van der Waals surface area contributed by atoms with Crippen LogP contribution in [-0.2, 0) is 14.3 Å². The van der Waals surface area contributed by atoms with E-state index < -0.39 is 5.54 Å². The molecule has 1 unspecified atom stereocenters. The highest BCUT2D eigenvalue weighted by atomic mass is 16.7. The first-order chi connectivity index (χ1) is 12.2. The summed E-state index contributed by atoms with van der Waals surface area (Å²) in [6.07, 6.45) is 2.90. The van der Waals surface area contributed by atoms with Crippen molar-refractivity contribution in [3.8, 4) is 0 Å². The number of nitrogens with one attached hydrogen (secondary N) is 1. The Morgan fingerprint density at radius 1 is 1.50 bits per heavy atom. The second-order valence-corrected chi connectivity index (χ2v) is 7.50. The maximum absolute atomic E-state index is 12.6. The van der Waals surface area contributed by atoms with Crippen molar-refractivity contribution < 1.29 is 18.8 Å². The van der Waals surface area contributed by atoms with Crippen molar-refractivity contribution in [3.05, 3.63) is 18.3 Å². The van der Waals surface area contributed by atoms with Crippen molar-refractivity contribution in [2.24, 2.45) is 0 Å². The molecule has 1 fully saturated rings. The van der Waals surface area contributed by atoms with Gasteiger partial charge in [0.2, 0.25) is 11.8 Å². The molecule has 146 valence electrons. The zero-order chi connectivity index (χ0) is 19.3. The van der Waals surface area contributed by atoms with Gasteiger partial charge in [0, 0.05) is 18.7 Å². The fraction of sp³-hybridized carbons (Fsp3) is 0.684. The Balaban J connectivity index is 1.90. The van der Waals surface area contributed by atoms with Gasteiger partial charge in [-0.15, -0.1) is 0 Å². The van der Waals surface area contributed by atoms with Crippen LogP contribution in [0.3, 0.4) is 0 Å². The fourth-order valence-electron chi connectivity index (χ4n) is 2.68. The average Bonchev–Trinajstić information content (AvgIpc) is 3.08. The number of carbonyl (C=O) groups is 1. The Hall–Kier alpha value is -1.70. The van der Waals surface area contributed by atoms with Gasteiger partial charge in [0.1, 0.15) is 5.69 Å². The summed E-state index contributed by atoms with van der Waals surface area (Å²) < 4.78 is 16.5. The van der Waals surface area contributed by atoms with E-state index in [1.807, 2.05) is 39.6 Å². The van der Waals surface area contributed by atoms with E-state index in [0.29, 0.717) is 23.8 Å². The predicted molar refractivity (Wildman–Crippen MR) is 101 cm³/mol. The Morgan fingerprint density at radius 3 is 2.85 bits per heavy atom. The number of likely N-dealkylation sites (N-methyl/N-ethyl adjacent to an activating group) is 1. The smallest absolute Gasteiger partial charge is 0.246 e. The fourth-order valence-corrected chi connectivity index (χ4v) is 2.68. The molecule has 2 rings (SSSR count). The van der Waals surface area contributed by atoms with Crippen molar-refractivity contribution in [2.45, 2.75) is 64.8 Å². The first-order valence-electron chi connectivity index (χ1n) is 9.14. The quantitative estimate of drug-likeness (QED) is 0.762. The van der Waals surface area contributed by atoms with Crippen LogP contribution in [-0.4, -0.2) is 54.1 Å². The van der Waals surface area contributed by atoms with E-state index in [0.717, 1.165) is 25.9 Å². The summed E-state index contributed by atoms with van der Waals surface area (Å²) in [7, 11) is 1.92. The summed E-state index contributed by atoms with van der Waals surface area (Å²) >= 11 is 0. The molecule has 0 spiro atoms. The van der Waals surface area contributed by atoms with Crippen molar-refractivity contribution in [1.82, 2.24) is 10.1 Å². The summed E-state index contributed by atoms with van der Waals surface area (Å²) in [5, 5.41) is 6.75. The van der Waals surface area contributed by atoms with Crippen LogP contribution >= 0.6 is 0 Å². The minimum Gasteiger partial charge on any atom is -0.353 e. The number of anilines is 1. The van der Waals surface area contributed by atoms with E-state index >= 15 is 0 Å². The first kappa shape index (κ1) is 20.6. The molecule has 0 aromatic carbocycles. The van der Waals surface area contributed by atoms with Gasteiger partial charge in [0.15, 0.2) is 6.29 Å². The SMILES string of the molecule is C=C(COC1CCCCO1)c1cc(NC(=O)C(C)(C)N(C)C(C)C)on1. The van der Waals surface area contributed by atoms with Gasteiger partial charge in [-0.05, 0) is 59.6 Å². The molecule has 2 heterocycles. The van der Waals surface area contributed by atoms with Gasteiger partial charge < -0.3 is 14.0 Å². The van der Waals surface area contributed by atoms with E-state index in [2.05, 4.69) is 17.1 Å². The van der Waals surface area contributed by atoms with Crippen LogP contribution in [0.2, 0.25) is 0 Å². The van der Waals surface area contributed by atoms with Gasteiger partial charge in [-0.25, -0.2) is 0 Å². The Bertz CT molecular complexity index is 618. The number of rotatable bonds is 8. The minimum atomic E-state index is -0.681. The Morgan fingerprint density at radius 2 is 2.23 bits per heavy atom. The molecule has 1 aromatic heterocycles. The molecule has 0 aliphatic carbocycles. The highest BCUT2D eigenvalue weighted by Crippen LogP contribution is 2.22. The molecular weight excluding hydrogens is 334 g/mol. The monoisotopic (exact) mass is 365 g/mol. The van der Waals surface area contributed by atoms with Crippen molar-refractivity contribution >= 4 is 17.4 Å². The molecule has 0 radical (unpaired) electrons. The third kappa shape index (κ3) is 5.16. The molecule has 1 aliphatic heterocycles. The highest BCUT2D eigenvalue weighted by Gasteiger charge is 2.34. The molecule has 0 saturated carbocycles. The van der Waals surface area contributed by atoms with Crippen LogP contribution < -0.4 is 5.32 Å². The average molecular weight is 365 g/mol. The van der Waals surface area contributed by atoms with Crippen LogP contribution in [0.15, 0.2) is 17.2 Å². The first-order valence-corrected chi connectivity index (χ1v) is 9.14. The molecule has 1 aliphatic rings. The topological polar surface area (TPSA) is 76.8 Å². The maximum atomic E-state index is 12.6. The molecule has 1 aromatic rings. The van der Waals surface area contributed by atoms with Crippen LogP contribution in [0.1, 0.15) is 52.7 Å². The summed E-state index contributed by atoms with van der Waals surface area (Å²) in [6.45, 7) is 12.9. The molecular formula is C19H31N3O4. The van der Waals surface area contributed by atoms with Gasteiger partial charge in [-0.2, -0.15) is 0 Å². The molecule has 1 amide bonds. The summed E-state index contributed by atoms with van der Waals surface area (Å²) in [6, 6.07) is 1.90. The lowest BCUT2D eigenvalue weighted by Gasteiger charge is -2.36. The molecule has 7 heteroatoms. The third-order valence-corrected chi connectivity index (χ3v) is 4.90. The Kier molecular flexibility index (Phi) is 6.97. The zero-order valence-electron chi connectivity index (χ0n) is 16.5. The van der Waals surface area contributed by atoms with Crippen molar-refractivity contribution in [2.75, 3.05) is 25.6 Å². The highest BCUT2D eigenvalue weighted by molar-refractivity contribution is 5.96. The predicted octanol–water partition coefficient (Wildman–Crippen LogP) is 3.29. The van der Waals surface area contributed by atoms with Crippen LogP contribution in [0.25, 0.3) is 5.57 Å². The number of hydrogen-bond acceptors (Lipinski definition) is 6. The van der Waals surface area contributed by atoms with Gasteiger partial charge in [0.25, 0.3) is 0 Å². The largest absolute Gasteiger partial charge is 0.353 e. The lowest BCUT2D eigenvalue weighted by molar-refractivity contribution is -0.154. The number of hydrogen-bond donors (Lipinski definition) is 1. The van der Waals surface area contributed by atoms with Gasteiger partial charge in [-0.3, -0.25) is 15.0 Å². The molecule has 0 bridgehead atoms. The summed E-state index contributed by atoms with van der Waals surface area (Å²) in [5.74, 6) is 0.138. The molecule has 1 N–H and O–H groups in total. The lowest BCUT2D eigenvalue weighted by atomic mass is 10.0. The number of aromatic nitrogens is 1. The van der Waals surface area contributed by atoms with E-state index in [-0.39, 0.29) is 18.2 Å². The maximum Gasteiger partial charge on any atom is 0.246 e.